The summed E-state index contributed by atoms with van der Waals surface area (Å²) < 4.78 is 1.60. The monoisotopic (exact) mass is 259 g/mol. The van der Waals surface area contributed by atoms with Gasteiger partial charge in [0.1, 0.15) is 5.65 Å². The molecule has 0 bridgehead atoms. The van der Waals surface area contributed by atoms with Gasteiger partial charge in [0.15, 0.2) is 11.5 Å². The van der Waals surface area contributed by atoms with Crippen LogP contribution >= 0.6 is 0 Å². The molecular weight excluding hydrogens is 242 g/mol. The Balaban J connectivity index is 1.76. The largest absolute Gasteiger partial charge is 0.476 e. The smallest absolute Gasteiger partial charge is 0.356 e. The Kier molecular flexibility index (Phi) is 3.11. The van der Waals surface area contributed by atoms with E-state index >= 15 is 0 Å². The van der Waals surface area contributed by atoms with Crippen molar-refractivity contribution >= 4 is 17.4 Å². The van der Waals surface area contributed by atoms with Crippen molar-refractivity contribution in [2.75, 3.05) is 11.9 Å². The first-order valence-electron chi connectivity index (χ1n) is 6.70. The number of carbonyl (C=O) groups is 1. The molecule has 1 saturated carbocycles. The number of hydrogen-bond acceptors (Lipinski definition) is 3. The summed E-state index contributed by atoms with van der Waals surface area (Å²) in [5.41, 5.74) is 0.867. The van der Waals surface area contributed by atoms with Crippen LogP contribution in [-0.2, 0) is 0 Å². The molecule has 3 rings (SSSR count). The first-order valence-corrected chi connectivity index (χ1v) is 6.70. The molecule has 19 heavy (non-hydrogen) atoms. The second-order valence-corrected chi connectivity index (χ2v) is 5.06. The normalized spacial score (nSPS) is 14.7. The van der Waals surface area contributed by atoms with Crippen molar-refractivity contribution in [2.24, 2.45) is 5.92 Å². The molecule has 2 aromatic heterocycles. The highest BCUT2D eigenvalue weighted by molar-refractivity contribution is 5.92. The van der Waals surface area contributed by atoms with Crippen LogP contribution in [0, 0.1) is 5.92 Å². The summed E-state index contributed by atoms with van der Waals surface area (Å²) in [5.74, 6) is 0.416. The third-order valence-corrected chi connectivity index (χ3v) is 3.51. The zero-order chi connectivity index (χ0) is 13.2. The molecule has 0 saturated heterocycles. The van der Waals surface area contributed by atoms with Crippen LogP contribution in [0.25, 0.3) is 5.65 Å². The lowest BCUT2D eigenvalue weighted by atomic mass is 10.2. The van der Waals surface area contributed by atoms with Crippen LogP contribution in [0.5, 0.6) is 0 Å². The summed E-state index contributed by atoms with van der Waals surface area (Å²) in [5, 5.41) is 12.5. The number of aromatic nitrogens is 2. The highest BCUT2D eigenvalue weighted by atomic mass is 16.4. The molecule has 2 N–H and O–H groups in total. The lowest BCUT2D eigenvalue weighted by Gasteiger charge is -2.04. The Morgan fingerprint density at radius 1 is 1.47 bits per heavy atom. The maximum atomic E-state index is 11.3. The van der Waals surface area contributed by atoms with Gasteiger partial charge in [0.2, 0.25) is 0 Å². The molecule has 0 aliphatic heterocycles. The van der Waals surface area contributed by atoms with Gasteiger partial charge in [-0.2, -0.15) is 0 Å². The summed E-state index contributed by atoms with van der Waals surface area (Å²) >= 11 is 0. The minimum atomic E-state index is -0.955. The summed E-state index contributed by atoms with van der Waals surface area (Å²) in [6.45, 7) is 0.778. The van der Waals surface area contributed by atoms with Crippen molar-refractivity contribution in [1.82, 2.24) is 9.38 Å². The third kappa shape index (κ3) is 2.54. The second-order valence-electron chi connectivity index (χ2n) is 5.06. The molecule has 1 fully saturated rings. The molecule has 100 valence electrons. The van der Waals surface area contributed by atoms with Crippen molar-refractivity contribution in [3.8, 4) is 0 Å². The Bertz CT molecular complexity index is 602. The van der Waals surface area contributed by atoms with Gasteiger partial charge in [-0.15, -0.1) is 0 Å². The molecule has 0 atom stereocenters. The van der Waals surface area contributed by atoms with Gasteiger partial charge in [-0.05, 0) is 30.9 Å². The number of anilines is 1. The van der Waals surface area contributed by atoms with Crippen LogP contribution < -0.4 is 5.32 Å². The lowest BCUT2D eigenvalue weighted by molar-refractivity contribution is 0.0690. The molecule has 0 spiro atoms. The molecule has 2 heterocycles. The maximum Gasteiger partial charge on any atom is 0.356 e. The topological polar surface area (TPSA) is 66.6 Å². The third-order valence-electron chi connectivity index (χ3n) is 3.51. The number of hydrogen-bond donors (Lipinski definition) is 2. The van der Waals surface area contributed by atoms with Gasteiger partial charge in [-0.3, -0.25) is 4.40 Å². The number of fused-ring (bicyclic) bond motifs is 1. The molecule has 0 aromatic carbocycles. The highest BCUT2D eigenvalue weighted by Gasteiger charge is 2.21. The number of aromatic carboxylic acids is 1. The molecular formula is C14H17N3O2. The van der Waals surface area contributed by atoms with Gasteiger partial charge in [-0.1, -0.05) is 18.9 Å². The van der Waals surface area contributed by atoms with Crippen molar-refractivity contribution < 1.29 is 9.90 Å². The van der Waals surface area contributed by atoms with Crippen molar-refractivity contribution in [2.45, 2.75) is 25.7 Å². The fraction of sp³-hybridized carbons (Fsp3) is 0.429. The minimum Gasteiger partial charge on any atom is -0.476 e. The SMILES string of the molecule is O=C(O)c1c(NCCCC2CC2)nc2ccccn12. The Labute approximate surface area is 111 Å². The number of carboxylic acid groups (broad SMARTS) is 1. The molecule has 0 radical (unpaired) electrons. The van der Waals surface area contributed by atoms with Crippen molar-refractivity contribution in [3.05, 3.63) is 30.1 Å². The van der Waals surface area contributed by atoms with E-state index in [4.69, 9.17) is 0 Å². The van der Waals surface area contributed by atoms with E-state index in [0.717, 1.165) is 18.9 Å². The average Bonchev–Trinajstić information content (AvgIpc) is 3.13. The number of pyridine rings is 1. The van der Waals surface area contributed by atoms with Crippen LogP contribution in [0.4, 0.5) is 5.82 Å². The van der Waals surface area contributed by atoms with Crippen molar-refractivity contribution in [1.29, 1.82) is 0 Å². The average molecular weight is 259 g/mol. The molecule has 1 aliphatic carbocycles. The van der Waals surface area contributed by atoms with Gasteiger partial charge in [0, 0.05) is 12.7 Å². The van der Waals surface area contributed by atoms with E-state index in [2.05, 4.69) is 10.3 Å². The van der Waals surface area contributed by atoms with Gasteiger partial charge < -0.3 is 10.4 Å². The van der Waals surface area contributed by atoms with Crippen LogP contribution in [0.1, 0.15) is 36.2 Å². The summed E-state index contributed by atoms with van der Waals surface area (Å²) in [4.78, 5) is 15.7. The molecule has 5 heteroatoms. The Morgan fingerprint density at radius 3 is 3.05 bits per heavy atom. The van der Waals surface area contributed by atoms with Gasteiger partial charge in [0.25, 0.3) is 0 Å². The van der Waals surface area contributed by atoms with Crippen molar-refractivity contribution in [3.63, 3.8) is 0 Å². The number of imidazole rings is 1. The Hall–Kier alpha value is -2.04. The summed E-state index contributed by atoms with van der Waals surface area (Å²) in [6.07, 6.45) is 6.73. The molecule has 5 nitrogen and oxygen atoms in total. The first-order chi connectivity index (χ1) is 9.25. The predicted molar refractivity (Wildman–Crippen MR) is 72.6 cm³/mol. The van der Waals surface area contributed by atoms with Gasteiger partial charge in [0.05, 0.1) is 0 Å². The van der Waals surface area contributed by atoms with E-state index < -0.39 is 5.97 Å². The van der Waals surface area contributed by atoms with Gasteiger partial charge >= 0.3 is 5.97 Å². The first kappa shape index (κ1) is 12.0. The fourth-order valence-corrected chi connectivity index (χ4v) is 2.33. The predicted octanol–water partition coefficient (Wildman–Crippen LogP) is 2.63. The van der Waals surface area contributed by atoms with Crippen LogP contribution in [0.2, 0.25) is 0 Å². The van der Waals surface area contributed by atoms with E-state index in [0.29, 0.717) is 11.5 Å². The molecule has 2 aromatic rings. The van der Waals surface area contributed by atoms with E-state index in [1.54, 1.807) is 16.7 Å². The summed E-state index contributed by atoms with van der Waals surface area (Å²) in [7, 11) is 0. The molecule has 0 amide bonds. The van der Waals surface area contributed by atoms with Crippen LogP contribution in [-0.4, -0.2) is 27.0 Å². The van der Waals surface area contributed by atoms with E-state index in [1.807, 2.05) is 12.1 Å². The number of nitrogens with one attached hydrogen (secondary N) is 1. The van der Waals surface area contributed by atoms with Gasteiger partial charge in [-0.25, -0.2) is 9.78 Å². The maximum absolute atomic E-state index is 11.3. The van der Waals surface area contributed by atoms with E-state index in [9.17, 15) is 9.90 Å². The standard InChI is InChI=1S/C14H17N3O2/c18-14(19)12-13(15-8-3-4-10-6-7-10)16-11-5-1-2-9-17(11)12/h1-2,5,9-10,15H,3-4,6-8H2,(H,18,19). The number of rotatable bonds is 6. The zero-order valence-corrected chi connectivity index (χ0v) is 10.7. The van der Waals surface area contributed by atoms with Crippen LogP contribution in [0.15, 0.2) is 24.4 Å². The Morgan fingerprint density at radius 2 is 2.32 bits per heavy atom. The molecule has 1 aliphatic rings. The van der Waals surface area contributed by atoms with E-state index in [1.165, 1.54) is 19.3 Å². The second kappa shape index (κ2) is 4.91. The fourth-order valence-electron chi connectivity index (χ4n) is 2.33. The lowest BCUT2D eigenvalue weighted by Crippen LogP contribution is -2.09. The molecule has 0 unspecified atom stereocenters. The quantitative estimate of drug-likeness (QED) is 0.783. The highest BCUT2D eigenvalue weighted by Crippen LogP contribution is 2.33. The summed E-state index contributed by atoms with van der Waals surface area (Å²) in [6, 6.07) is 5.46. The van der Waals surface area contributed by atoms with Crippen LogP contribution in [0.3, 0.4) is 0 Å². The minimum absolute atomic E-state index is 0.210. The van der Waals surface area contributed by atoms with E-state index in [-0.39, 0.29) is 5.69 Å². The number of nitrogens with zero attached hydrogens (tertiary/aromatic N) is 2. The zero-order valence-electron chi connectivity index (χ0n) is 10.7. The number of carboxylic acids is 1.